The van der Waals surface area contributed by atoms with E-state index in [0.29, 0.717) is 36.5 Å². The molecule has 1 amide bonds. The van der Waals surface area contributed by atoms with Gasteiger partial charge in [0.25, 0.3) is 5.91 Å². The van der Waals surface area contributed by atoms with Gasteiger partial charge in [-0.3, -0.25) is 14.5 Å². The average Bonchev–Trinajstić information content (AvgIpc) is 3.77. The zero-order valence-corrected chi connectivity index (χ0v) is 26.9. The molecule has 2 saturated carbocycles. The van der Waals surface area contributed by atoms with E-state index in [1.54, 1.807) is 6.07 Å². The minimum Gasteiger partial charge on any atom is -0.504 e. The second-order valence-electron chi connectivity index (χ2n) is 14.1. The van der Waals surface area contributed by atoms with Gasteiger partial charge in [-0.25, -0.2) is 9.59 Å². The maximum Gasteiger partial charge on any atom is 0.335 e. The molecule has 2 aromatic carbocycles. The minimum atomic E-state index is -2.27. The quantitative estimate of drug-likeness (QED) is 0.215. The summed E-state index contributed by atoms with van der Waals surface area (Å²) in [6.07, 6.45) is 0.0318. The number of amides is 1. The Balaban J connectivity index is 0.000000332. The molecule has 3 heterocycles. The number of carboxylic acids is 2. The number of methoxy groups -OCH3 is 1. The maximum atomic E-state index is 14.0. The van der Waals surface area contributed by atoms with Crippen LogP contribution in [0.1, 0.15) is 71.6 Å². The first kappa shape index (κ1) is 33.3. The predicted octanol–water partition coefficient (Wildman–Crippen LogP) is 0.963. The van der Waals surface area contributed by atoms with Gasteiger partial charge >= 0.3 is 17.9 Å². The number of carbonyl (C=O) groups is 4. The van der Waals surface area contributed by atoms with Crippen molar-refractivity contribution in [2.24, 2.45) is 5.92 Å². The van der Waals surface area contributed by atoms with Gasteiger partial charge in [0.2, 0.25) is 0 Å². The molecule has 262 valence electrons. The Morgan fingerprint density at radius 3 is 2.37 bits per heavy atom. The number of benzene rings is 2. The summed E-state index contributed by atoms with van der Waals surface area (Å²) < 4.78 is 11.8. The summed E-state index contributed by atoms with van der Waals surface area (Å²) >= 11 is 0. The van der Waals surface area contributed by atoms with Gasteiger partial charge in [0.1, 0.15) is 6.10 Å². The van der Waals surface area contributed by atoms with Gasteiger partial charge in [-0.05, 0) is 74.2 Å². The van der Waals surface area contributed by atoms with E-state index in [2.05, 4.69) is 4.90 Å². The van der Waals surface area contributed by atoms with Crippen molar-refractivity contribution in [1.29, 1.82) is 0 Å². The monoisotopic (exact) mass is 680 g/mol. The highest BCUT2D eigenvalue weighted by Crippen LogP contribution is 2.66. The minimum absolute atomic E-state index is 0.0285. The lowest BCUT2D eigenvalue weighted by atomic mass is 9.48. The van der Waals surface area contributed by atoms with E-state index in [4.69, 9.17) is 29.9 Å². The number of aliphatic hydroxyl groups is 3. The van der Waals surface area contributed by atoms with E-state index < -0.39 is 47.3 Å². The number of aromatic hydroxyl groups is 1. The summed E-state index contributed by atoms with van der Waals surface area (Å²) in [5.74, 6) is -2.77. The van der Waals surface area contributed by atoms with E-state index in [1.807, 2.05) is 35.2 Å². The van der Waals surface area contributed by atoms with Crippen LogP contribution in [0.25, 0.3) is 0 Å². The van der Waals surface area contributed by atoms with Gasteiger partial charge in [-0.1, -0.05) is 24.3 Å². The molecule has 2 bridgehead atoms. The summed E-state index contributed by atoms with van der Waals surface area (Å²) in [6.45, 7) is 1.86. The van der Waals surface area contributed by atoms with Crippen LogP contribution in [0, 0.1) is 5.92 Å². The number of carboxylic acid groups (broad SMARTS) is 2. The zero-order chi connectivity index (χ0) is 35.0. The summed E-state index contributed by atoms with van der Waals surface area (Å²) in [6, 6.07) is 10.3. The molecule has 49 heavy (non-hydrogen) atoms. The van der Waals surface area contributed by atoms with E-state index in [-0.39, 0.29) is 36.1 Å². The summed E-state index contributed by atoms with van der Waals surface area (Å²) in [5, 5.41) is 56.3. The number of piperidine rings is 1. The number of aliphatic hydroxyl groups excluding tert-OH is 2. The Morgan fingerprint density at radius 2 is 1.71 bits per heavy atom. The Morgan fingerprint density at radius 1 is 1.02 bits per heavy atom. The highest BCUT2D eigenvalue weighted by molar-refractivity contribution is 6.00. The van der Waals surface area contributed by atoms with Crippen molar-refractivity contribution >= 4 is 23.8 Å². The third-order valence-electron chi connectivity index (χ3n) is 11.6. The second-order valence-corrected chi connectivity index (χ2v) is 14.1. The summed E-state index contributed by atoms with van der Waals surface area (Å²) in [5.41, 5.74) is 1.74. The molecule has 3 aliphatic carbocycles. The summed E-state index contributed by atoms with van der Waals surface area (Å²) in [7, 11) is 1.37. The standard InChI is InChI=1S/C31H34N2O6.C4H6O6/c1-38-25(35)15-22-19-4-2-3-5-20(19)29(36)33(22)21-10-11-31(37)24-14-18-8-9-23(34)27-26(18)30(31,28(21)39-27)12-13-32(24)16-17-6-7-17;5-1(3(7)8)2(6)4(9)10/h2-5,8-9,17,21-22,24,28,34,37H,6-7,10-16H2,1H3;1-2,5-6H,(H,7,8)(H,9,10)/t21-,22?,24-,28+,30+,31?;/m1./s1. The van der Waals surface area contributed by atoms with Gasteiger partial charge in [0.05, 0.1) is 36.6 Å². The van der Waals surface area contributed by atoms with Crippen molar-refractivity contribution < 1.29 is 59.3 Å². The van der Waals surface area contributed by atoms with Crippen LogP contribution in [0.15, 0.2) is 36.4 Å². The van der Waals surface area contributed by atoms with E-state index in [9.17, 15) is 29.4 Å². The SMILES string of the molecule is COC(=O)CC1c2ccccc2C(=O)N1[C@@H]1CCC2(O)[C@H]3Cc4ccc(O)c5c4[C@@]2(CCN3CC2CC2)[C@H]1O5.O=C(O)C(O)C(O)C(=O)O. The third kappa shape index (κ3) is 4.98. The Labute approximate surface area is 281 Å². The number of esters is 1. The number of fused-ring (bicyclic) bond motifs is 1. The van der Waals surface area contributed by atoms with Crippen LogP contribution in [0.5, 0.6) is 11.5 Å². The van der Waals surface area contributed by atoms with Crippen LogP contribution in [-0.4, -0.2) is 120 Å². The first-order valence-electron chi connectivity index (χ1n) is 16.6. The largest absolute Gasteiger partial charge is 0.504 e. The van der Waals surface area contributed by atoms with Crippen molar-refractivity contribution in [1.82, 2.24) is 9.80 Å². The predicted molar refractivity (Wildman–Crippen MR) is 168 cm³/mol. The molecule has 6 aliphatic rings. The molecule has 14 heteroatoms. The molecule has 4 unspecified atom stereocenters. The van der Waals surface area contributed by atoms with Crippen LogP contribution < -0.4 is 4.74 Å². The van der Waals surface area contributed by atoms with E-state index in [0.717, 1.165) is 36.2 Å². The first-order chi connectivity index (χ1) is 23.3. The number of phenolic OH excluding ortho intramolecular Hbond substituents is 1. The van der Waals surface area contributed by atoms with Gasteiger partial charge in [0, 0.05) is 23.7 Å². The lowest BCUT2D eigenvalue weighted by Crippen LogP contribution is -2.78. The molecule has 3 aliphatic heterocycles. The second kappa shape index (κ2) is 12.0. The lowest BCUT2D eigenvalue weighted by Gasteiger charge is -2.65. The molecule has 1 saturated heterocycles. The lowest BCUT2D eigenvalue weighted by molar-refractivity contribution is -0.200. The Hall–Kier alpha value is -4.24. The smallest absolute Gasteiger partial charge is 0.335 e. The van der Waals surface area contributed by atoms with E-state index in [1.165, 1.54) is 20.0 Å². The molecular weight excluding hydrogens is 640 g/mol. The molecule has 6 N–H and O–H groups in total. The number of phenols is 1. The molecule has 3 fully saturated rings. The van der Waals surface area contributed by atoms with Crippen molar-refractivity contribution in [3.63, 3.8) is 0 Å². The third-order valence-corrected chi connectivity index (χ3v) is 11.6. The van der Waals surface area contributed by atoms with Gasteiger partial charge < -0.3 is 45.0 Å². The number of ether oxygens (including phenoxy) is 2. The maximum absolute atomic E-state index is 14.0. The van der Waals surface area contributed by atoms with Crippen LogP contribution in [0.2, 0.25) is 0 Å². The first-order valence-corrected chi connectivity index (χ1v) is 16.6. The molecule has 8 atom stereocenters. The van der Waals surface area contributed by atoms with Crippen molar-refractivity contribution in [2.75, 3.05) is 20.2 Å². The average molecular weight is 681 g/mol. The summed E-state index contributed by atoms with van der Waals surface area (Å²) in [4.78, 5) is 50.4. The Bertz CT molecular complexity index is 1690. The van der Waals surface area contributed by atoms with Gasteiger partial charge in [-0.2, -0.15) is 0 Å². The fourth-order valence-corrected chi connectivity index (χ4v) is 9.25. The highest BCUT2D eigenvalue weighted by Gasteiger charge is 2.74. The molecule has 0 aromatic heterocycles. The van der Waals surface area contributed by atoms with Crippen LogP contribution in [0.3, 0.4) is 0 Å². The topological polar surface area (TPSA) is 215 Å². The number of rotatable bonds is 8. The van der Waals surface area contributed by atoms with Crippen LogP contribution in [0.4, 0.5) is 0 Å². The number of hydrogen-bond acceptors (Lipinski definition) is 11. The number of likely N-dealkylation sites (tertiary alicyclic amines) is 1. The van der Waals surface area contributed by atoms with Crippen LogP contribution in [-0.2, 0) is 31.0 Å². The fraction of sp³-hybridized carbons (Fsp3) is 0.543. The van der Waals surface area contributed by atoms with Crippen LogP contribution >= 0.6 is 0 Å². The van der Waals surface area contributed by atoms with Crippen molar-refractivity contribution in [3.05, 3.63) is 58.7 Å². The molecule has 14 nitrogen and oxygen atoms in total. The molecule has 2 aromatic rings. The number of hydrogen-bond donors (Lipinski definition) is 6. The molecule has 8 rings (SSSR count). The highest BCUT2D eigenvalue weighted by atomic mass is 16.5. The fourth-order valence-electron chi connectivity index (χ4n) is 9.25. The van der Waals surface area contributed by atoms with Gasteiger partial charge in [-0.15, -0.1) is 0 Å². The number of aliphatic carboxylic acids is 2. The number of carbonyl (C=O) groups excluding carboxylic acids is 2. The molecule has 1 spiro atoms. The Kier molecular flexibility index (Phi) is 8.13. The zero-order valence-electron chi connectivity index (χ0n) is 26.9. The van der Waals surface area contributed by atoms with E-state index >= 15 is 0 Å². The van der Waals surface area contributed by atoms with Crippen molar-refractivity contribution in [2.45, 2.75) is 92.4 Å². The number of nitrogens with zero attached hydrogens (tertiary/aromatic N) is 2. The normalized spacial score (nSPS) is 31.8. The molecule has 0 radical (unpaired) electrons. The van der Waals surface area contributed by atoms with Crippen molar-refractivity contribution in [3.8, 4) is 11.5 Å². The van der Waals surface area contributed by atoms with Gasteiger partial charge in [0.15, 0.2) is 23.7 Å². The molecular formula is C35H40N2O12.